The number of aliphatic carboxylic acids is 1. The Morgan fingerprint density at radius 3 is 2.08 bits per heavy atom. The summed E-state index contributed by atoms with van der Waals surface area (Å²) in [5.74, 6) is -0.591. The summed E-state index contributed by atoms with van der Waals surface area (Å²) in [5, 5.41) is 20.1. The first kappa shape index (κ1) is 25.9. The van der Waals surface area contributed by atoms with Gasteiger partial charge >= 0.3 is 5.97 Å². The Kier molecular flexibility index (Phi) is 8.35. The Labute approximate surface area is 206 Å². The number of benzene rings is 3. The van der Waals surface area contributed by atoms with Crippen LogP contribution in [-0.4, -0.2) is 34.7 Å². The van der Waals surface area contributed by atoms with Gasteiger partial charge in [0.1, 0.15) is 36.7 Å². The van der Waals surface area contributed by atoms with Crippen molar-refractivity contribution in [2.45, 2.75) is 27.1 Å². The van der Waals surface area contributed by atoms with Gasteiger partial charge in [-0.3, -0.25) is 19.7 Å². The molecule has 0 heterocycles. The fraction of sp³-hybridized carbons (Fsp3) is 0.192. The zero-order valence-electron chi connectivity index (χ0n) is 19.6. The molecule has 36 heavy (non-hydrogen) atoms. The summed E-state index contributed by atoms with van der Waals surface area (Å²) >= 11 is 0. The zero-order chi connectivity index (χ0) is 26.2. The third-order valence-electron chi connectivity index (χ3n) is 5.12. The van der Waals surface area contributed by atoms with Crippen LogP contribution in [0.25, 0.3) is 0 Å². The molecule has 0 aromatic heterocycles. The van der Waals surface area contributed by atoms with Crippen molar-refractivity contribution < 1.29 is 38.6 Å². The van der Waals surface area contributed by atoms with Gasteiger partial charge in [0.05, 0.1) is 10.5 Å². The molecule has 0 bridgehead atoms. The summed E-state index contributed by atoms with van der Waals surface area (Å²) in [6.07, 6.45) is 0.744. The average Bonchev–Trinajstić information content (AvgIpc) is 2.85. The van der Waals surface area contributed by atoms with E-state index in [-0.39, 0.29) is 36.0 Å². The molecule has 0 aliphatic heterocycles. The van der Waals surface area contributed by atoms with Crippen LogP contribution in [0.15, 0.2) is 54.6 Å². The van der Waals surface area contributed by atoms with Crippen molar-refractivity contribution >= 4 is 23.7 Å². The van der Waals surface area contributed by atoms with Crippen LogP contribution in [0.3, 0.4) is 0 Å². The van der Waals surface area contributed by atoms with Crippen LogP contribution in [0.4, 0.5) is 5.69 Å². The lowest BCUT2D eigenvalue weighted by Gasteiger charge is -2.13. The highest BCUT2D eigenvalue weighted by atomic mass is 16.6. The topological polar surface area (TPSA) is 142 Å². The zero-order valence-corrected chi connectivity index (χ0v) is 19.6. The van der Waals surface area contributed by atoms with Crippen LogP contribution in [0.5, 0.6) is 17.2 Å². The van der Waals surface area contributed by atoms with Crippen LogP contribution in [0.1, 0.15) is 44.3 Å². The molecule has 0 unspecified atom stereocenters. The van der Waals surface area contributed by atoms with Crippen LogP contribution in [0, 0.1) is 17.0 Å². The van der Waals surface area contributed by atoms with E-state index < -0.39 is 23.3 Å². The normalized spacial score (nSPS) is 10.4. The van der Waals surface area contributed by atoms with E-state index in [0.717, 1.165) is 11.8 Å². The summed E-state index contributed by atoms with van der Waals surface area (Å²) in [7, 11) is 0. The smallest absolute Gasteiger partial charge is 0.341 e. The summed E-state index contributed by atoms with van der Waals surface area (Å²) in [4.78, 5) is 44.4. The van der Waals surface area contributed by atoms with Crippen LogP contribution < -0.4 is 14.2 Å². The predicted molar refractivity (Wildman–Crippen MR) is 128 cm³/mol. The highest BCUT2D eigenvalue weighted by Gasteiger charge is 2.18. The Morgan fingerprint density at radius 1 is 0.917 bits per heavy atom. The minimum Gasteiger partial charge on any atom is -0.489 e. The van der Waals surface area contributed by atoms with E-state index in [4.69, 9.17) is 19.3 Å². The molecule has 0 fully saturated rings. The number of nitrogens with zero attached hydrogens (tertiary/aromatic N) is 1. The van der Waals surface area contributed by atoms with Gasteiger partial charge in [0.2, 0.25) is 0 Å². The maximum atomic E-state index is 11.8. The van der Waals surface area contributed by atoms with Crippen molar-refractivity contribution in [2.24, 2.45) is 0 Å². The quantitative estimate of drug-likeness (QED) is 0.166. The number of nitro groups is 1. The lowest BCUT2D eigenvalue weighted by Crippen LogP contribution is -2.10. The Bertz CT molecular complexity index is 1320. The molecule has 0 saturated carbocycles. The molecule has 3 rings (SSSR count). The van der Waals surface area contributed by atoms with Crippen molar-refractivity contribution in [1.82, 2.24) is 0 Å². The molecule has 3 aromatic carbocycles. The Hall–Kier alpha value is -4.73. The molecule has 0 aliphatic rings. The number of carbonyl (C=O) groups is 3. The number of carboxylic acid groups (broad SMARTS) is 1. The van der Waals surface area contributed by atoms with Crippen molar-refractivity contribution in [3.8, 4) is 17.2 Å². The maximum Gasteiger partial charge on any atom is 0.341 e. The summed E-state index contributed by atoms with van der Waals surface area (Å²) in [6, 6.07) is 14.0. The molecule has 0 spiro atoms. The molecule has 3 aromatic rings. The third-order valence-corrected chi connectivity index (χ3v) is 5.12. The Morgan fingerprint density at radius 2 is 1.53 bits per heavy atom. The average molecular weight is 493 g/mol. The van der Waals surface area contributed by atoms with Gasteiger partial charge in [-0.2, -0.15) is 0 Å². The van der Waals surface area contributed by atoms with E-state index in [1.807, 2.05) is 6.92 Å². The third kappa shape index (κ3) is 6.89. The number of hydrogen-bond donors (Lipinski definition) is 1. The number of hydrogen-bond acceptors (Lipinski definition) is 8. The van der Waals surface area contributed by atoms with Crippen molar-refractivity contribution in [3.63, 3.8) is 0 Å². The van der Waals surface area contributed by atoms with Gasteiger partial charge in [0.15, 0.2) is 12.4 Å². The van der Waals surface area contributed by atoms with E-state index >= 15 is 0 Å². The second-order valence-corrected chi connectivity index (χ2v) is 7.87. The Balaban J connectivity index is 1.80. The molecule has 10 heteroatoms. The van der Waals surface area contributed by atoms with Crippen LogP contribution >= 0.6 is 0 Å². The van der Waals surface area contributed by atoms with Gasteiger partial charge in [0.25, 0.3) is 5.69 Å². The first-order chi connectivity index (χ1) is 17.2. The molecule has 10 nitrogen and oxygen atoms in total. The van der Waals surface area contributed by atoms with Gasteiger partial charge in [-0.15, -0.1) is 0 Å². The molecule has 1 N–H and O–H groups in total. The summed E-state index contributed by atoms with van der Waals surface area (Å²) in [5.41, 5.74) is 2.20. The first-order valence-corrected chi connectivity index (χ1v) is 10.7. The van der Waals surface area contributed by atoms with Gasteiger partial charge in [0, 0.05) is 11.6 Å². The second kappa shape index (κ2) is 11.6. The van der Waals surface area contributed by atoms with Gasteiger partial charge in [-0.05, 0) is 73.0 Å². The number of ketones is 1. The summed E-state index contributed by atoms with van der Waals surface area (Å²) < 4.78 is 16.8. The predicted octanol–water partition coefficient (Wildman–Crippen LogP) is 4.54. The molecule has 0 aliphatic carbocycles. The van der Waals surface area contributed by atoms with E-state index in [1.165, 1.54) is 25.1 Å². The molecule has 186 valence electrons. The molecule has 0 saturated heterocycles. The highest BCUT2D eigenvalue weighted by Crippen LogP contribution is 2.26. The number of aryl methyl sites for hydroxylation is 1. The van der Waals surface area contributed by atoms with Crippen molar-refractivity contribution in [2.75, 3.05) is 6.61 Å². The largest absolute Gasteiger partial charge is 0.489 e. The van der Waals surface area contributed by atoms with Crippen LogP contribution in [-0.2, 0) is 18.0 Å². The number of ether oxygens (including phenoxy) is 3. The number of rotatable bonds is 12. The molecule has 0 radical (unpaired) electrons. The molecule has 0 amide bonds. The van der Waals surface area contributed by atoms with Gasteiger partial charge in [-0.25, -0.2) is 4.79 Å². The maximum absolute atomic E-state index is 11.8. The van der Waals surface area contributed by atoms with E-state index in [9.17, 15) is 24.5 Å². The fourth-order valence-corrected chi connectivity index (χ4v) is 3.34. The number of carboxylic acids is 1. The second-order valence-electron chi connectivity index (χ2n) is 7.87. The minimum absolute atomic E-state index is 0.00620. The molecular weight excluding hydrogens is 470 g/mol. The summed E-state index contributed by atoms with van der Waals surface area (Å²) in [6.45, 7) is 2.60. The van der Waals surface area contributed by atoms with Crippen molar-refractivity contribution in [3.05, 3.63) is 92.5 Å². The van der Waals surface area contributed by atoms with E-state index in [0.29, 0.717) is 22.4 Å². The number of nitro benzene ring substituents is 1. The molecule has 0 atom stereocenters. The van der Waals surface area contributed by atoms with Crippen LogP contribution in [0.2, 0.25) is 0 Å². The number of aldehydes is 1. The van der Waals surface area contributed by atoms with E-state index in [1.54, 1.807) is 36.4 Å². The van der Waals surface area contributed by atoms with Gasteiger partial charge < -0.3 is 19.3 Å². The standard InChI is InChI=1S/C26H23NO9/c1-16-3-4-21(10-20(16)12-28)34-13-18-7-19(9-23(8-18)36-15-26(30)31)14-35-22-5-6-25(27(32)33)24(11-22)17(2)29/h3-12H,13-15H2,1-2H3,(H,30,31). The number of Topliss-reactive ketones (excluding diaryl/α,β-unsaturated/α-hetero) is 1. The van der Waals surface area contributed by atoms with E-state index in [2.05, 4.69) is 0 Å². The minimum atomic E-state index is -1.14. The highest BCUT2D eigenvalue weighted by molar-refractivity contribution is 5.98. The first-order valence-electron chi connectivity index (χ1n) is 10.7. The monoisotopic (exact) mass is 493 g/mol. The fourth-order valence-electron chi connectivity index (χ4n) is 3.34. The van der Waals surface area contributed by atoms with Crippen molar-refractivity contribution in [1.29, 1.82) is 0 Å². The lowest BCUT2D eigenvalue weighted by atomic mass is 10.1. The number of carbonyl (C=O) groups excluding carboxylic acids is 2. The lowest BCUT2D eigenvalue weighted by molar-refractivity contribution is -0.385. The molecular formula is C26H23NO9. The SMILES string of the molecule is CC(=O)c1cc(OCc2cc(COc3ccc(C)c(C=O)c3)cc(OCC(=O)O)c2)ccc1[N+](=O)[O-]. The van der Waals surface area contributed by atoms with Gasteiger partial charge in [-0.1, -0.05) is 6.07 Å².